The zero-order chi connectivity index (χ0) is 81.8. The molecule has 124 heavy (non-hydrogen) atoms. The van der Waals surface area contributed by atoms with Gasteiger partial charge in [-0.05, 0) is 164 Å². The summed E-state index contributed by atoms with van der Waals surface area (Å²) in [6, 6.07) is 155. The summed E-state index contributed by atoms with van der Waals surface area (Å²) in [6.45, 7) is 0. The molecule has 8 heteroatoms. The molecule has 4 aromatic heterocycles. The van der Waals surface area contributed by atoms with Crippen LogP contribution in [0, 0.1) is 0 Å². The third-order valence-electron chi connectivity index (χ3n) is 25.4. The molecule has 578 valence electrons. The van der Waals surface area contributed by atoms with Crippen LogP contribution in [0.3, 0.4) is 0 Å². The lowest BCUT2D eigenvalue weighted by molar-refractivity contribution is 0.665. The summed E-state index contributed by atoms with van der Waals surface area (Å²) in [4.78, 5) is 31.1. The Balaban J connectivity index is 0.000000140. The second-order valence-corrected chi connectivity index (χ2v) is 32.2. The van der Waals surface area contributed by atoms with E-state index in [9.17, 15) is 0 Å². The van der Waals surface area contributed by atoms with E-state index < -0.39 is 10.8 Å². The fraction of sp³-hybridized carbons (Fsp3) is 0.0172. The Morgan fingerprint density at radius 1 is 0.161 bits per heavy atom. The largest absolute Gasteiger partial charge is 0.456 e. The minimum Gasteiger partial charge on any atom is -0.456 e. The second-order valence-electron chi connectivity index (χ2n) is 32.2. The molecule has 25 rings (SSSR count). The van der Waals surface area contributed by atoms with Gasteiger partial charge in [-0.25, -0.2) is 29.9 Å². The minimum absolute atomic E-state index is 0.519. The molecule has 0 unspecified atom stereocenters. The van der Waals surface area contributed by atoms with Crippen molar-refractivity contribution in [3.63, 3.8) is 0 Å². The topological polar surface area (TPSA) is 104 Å². The Hall–Kier alpha value is -16.4. The van der Waals surface area contributed by atoms with Gasteiger partial charge in [0.2, 0.25) is 0 Å². The lowest BCUT2D eigenvalue weighted by atomic mass is 9.67. The predicted molar refractivity (Wildman–Crippen MR) is 505 cm³/mol. The van der Waals surface area contributed by atoms with E-state index in [0.29, 0.717) is 34.9 Å². The SMILES string of the molecule is c1ccc(-c2nc(-c3ccc4ccccc4c3)nc(-c3ccccc3-c3cccc4oc5cc(C6(c7ccccc7)c7ccccc7-c7ccccc76)ccc5c34)n2)cc1.c1ccc(C2(c3ccc4c(c3)oc3cccc(-c5nc(-c6ccc(-c7ccc8ccccc8c7)cc6)nc(-c6ccc7ccccc7c6)n5)c34)c3ccccc3-c3ccccc32)cc1. The molecular formula is C116H72N6O2. The Morgan fingerprint density at radius 3 is 0.919 bits per heavy atom. The first-order valence-corrected chi connectivity index (χ1v) is 42.1. The van der Waals surface area contributed by atoms with Gasteiger partial charge in [-0.2, -0.15) is 0 Å². The normalized spacial score (nSPS) is 12.8. The molecule has 23 aromatic rings. The van der Waals surface area contributed by atoms with E-state index in [1.807, 2.05) is 42.5 Å². The van der Waals surface area contributed by atoms with Crippen LogP contribution in [0.5, 0.6) is 0 Å². The van der Waals surface area contributed by atoms with Crippen molar-refractivity contribution in [2.45, 2.75) is 10.8 Å². The molecule has 4 heterocycles. The van der Waals surface area contributed by atoms with Crippen LogP contribution in [0.2, 0.25) is 0 Å². The maximum Gasteiger partial charge on any atom is 0.164 e. The van der Waals surface area contributed by atoms with Crippen molar-refractivity contribution >= 4 is 76.2 Å². The van der Waals surface area contributed by atoms with E-state index >= 15 is 0 Å². The molecule has 0 saturated carbocycles. The number of fused-ring (bicyclic) bond motifs is 15. The fourth-order valence-electron chi connectivity index (χ4n) is 19.8. The monoisotopic (exact) mass is 1580 g/mol. The summed E-state index contributed by atoms with van der Waals surface area (Å²) < 4.78 is 13.7. The van der Waals surface area contributed by atoms with E-state index in [1.54, 1.807) is 0 Å². The molecular weight excluding hydrogens is 1510 g/mol. The summed E-state index contributed by atoms with van der Waals surface area (Å²) in [6.07, 6.45) is 0. The quantitative estimate of drug-likeness (QED) is 0.119. The van der Waals surface area contributed by atoms with Crippen LogP contribution >= 0.6 is 0 Å². The van der Waals surface area contributed by atoms with Gasteiger partial charge >= 0.3 is 0 Å². The van der Waals surface area contributed by atoms with Gasteiger partial charge in [-0.15, -0.1) is 0 Å². The van der Waals surface area contributed by atoms with Crippen molar-refractivity contribution in [1.29, 1.82) is 0 Å². The Bertz CT molecular complexity index is 8110. The summed E-state index contributed by atoms with van der Waals surface area (Å²) in [5, 5.41) is 11.1. The minimum atomic E-state index is -0.536. The number of rotatable bonds is 12. The van der Waals surface area contributed by atoms with Crippen molar-refractivity contribution in [3.05, 3.63) is 481 Å². The van der Waals surface area contributed by atoms with Crippen LogP contribution in [0.15, 0.2) is 446 Å². The van der Waals surface area contributed by atoms with E-state index in [1.165, 1.54) is 77.4 Å². The van der Waals surface area contributed by atoms with Crippen LogP contribution in [0.1, 0.15) is 44.5 Å². The van der Waals surface area contributed by atoms with Crippen LogP contribution in [-0.2, 0) is 10.8 Å². The van der Waals surface area contributed by atoms with Crippen molar-refractivity contribution in [2.24, 2.45) is 0 Å². The Labute approximate surface area is 715 Å². The molecule has 0 saturated heterocycles. The first kappa shape index (κ1) is 71.7. The van der Waals surface area contributed by atoms with Gasteiger partial charge in [0, 0.05) is 54.9 Å². The summed E-state index contributed by atoms with van der Waals surface area (Å²) in [5.74, 6) is 3.66. The van der Waals surface area contributed by atoms with Crippen molar-refractivity contribution in [2.75, 3.05) is 0 Å². The van der Waals surface area contributed by atoms with Crippen LogP contribution in [0.4, 0.5) is 0 Å². The summed E-state index contributed by atoms with van der Waals surface area (Å²) in [7, 11) is 0. The average molecular weight is 1580 g/mol. The van der Waals surface area contributed by atoms with Gasteiger partial charge in [0.05, 0.1) is 10.8 Å². The molecule has 0 radical (unpaired) electrons. The van der Waals surface area contributed by atoms with Gasteiger partial charge in [0.1, 0.15) is 22.3 Å². The van der Waals surface area contributed by atoms with Gasteiger partial charge in [0.15, 0.2) is 34.9 Å². The molecule has 0 atom stereocenters. The highest BCUT2D eigenvalue weighted by atomic mass is 16.3. The highest BCUT2D eigenvalue weighted by Gasteiger charge is 2.48. The van der Waals surface area contributed by atoms with Gasteiger partial charge in [-0.1, -0.05) is 394 Å². The Morgan fingerprint density at radius 2 is 0.468 bits per heavy atom. The molecule has 19 aromatic carbocycles. The maximum absolute atomic E-state index is 6.87. The lowest BCUT2D eigenvalue weighted by Gasteiger charge is -2.33. The molecule has 0 bridgehead atoms. The fourth-order valence-corrected chi connectivity index (χ4v) is 19.8. The smallest absolute Gasteiger partial charge is 0.164 e. The molecule has 0 fully saturated rings. The highest BCUT2D eigenvalue weighted by molar-refractivity contribution is 6.15. The molecule has 0 aliphatic heterocycles. The molecule has 0 spiro atoms. The summed E-state index contributed by atoms with van der Waals surface area (Å²) in [5.41, 5.74) is 26.9. The second kappa shape index (κ2) is 29.2. The molecule has 2 aliphatic rings. The molecule has 8 nitrogen and oxygen atoms in total. The predicted octanol–water partition coefficient (Wildman–Crippen LogP) is 29.1. The standard InChI is InChI=1S/C60H37N3O.C56H35N3O/c1-2-17-46(18-3-1)60(52-22-10-8-19-48(52)49-20-9-11-23-53(49)60)47-33-34-50-55(37-47)64-54-24-12-21-51(56(50)54)59-62-57(61-58(63-59)45-32-28-39-14-5-7-16-43(39)36-45)41-29-25-40(26-30-41)44-31-27-38-13-4-6-15-42(38)35-44;1-3-17-37(18-4-1)53-57-54(39-31-30-36-16-7-8-19-38(36)34-39)59-55(58-53)46-25-10-9-22-42(46)45-26-15-29-50-52(45)47-33-32-41(35-51(47)60-50)56(40-20-5-2-6-21-40)48-27-13-11-23-43(48)44-24-12-14-28-49(44)56/h1-37H;1-35H. The van der Waals surface area contributed by atoms with E-state index in [2.05, 4.69) is 394 Å². The van der Waals surface area contributed by atoms with E-state index in [-0.39, 0.29) is 0 Å². The number of aromatic nitrogens is 6. The van der Waals surface area contributed by atoms with Crippen LogP contribution < -0.4 is 0 Å². The van der Waals surface area contributed by atoms with E-state index in [0.717, 1.165) is 121 Å². The van der Waals surface area contributed by atoms with Crippen molar-refractivity contribution in [3.8, 4) is 113 Å². The van der Waals surface area contributed by atoms with Crippen LogP contribution in [-0.4, -0.2) is 29.9 Å². The molecule has 0 N–H and O–H groups in total. The third-order valence-corrected chi connectivity index (χ3v) is 25.4. The zero-order valence-electron chi connectivity index (χ0n) is 67.1. The lowest BCUT2D eigenvalue weighted by Crippen LogP contribution is -2.28. The first-order valence-electron chi connectivity index (χ1n) is 42.1. The number of hydrogen-bond donors (Lipinski definition) is 0. The number of nitrogens with zero attached hydrogens (tertiary/aromatic N) is 6. The zero-order valence-corrected chi connectivity index (χ0v) is 67.1. The number of hydrogen-bond acceptors (Lipinski definition) is 8. The van der Waals surface area contributed by atoms with E-state index in [4.69, 9.17) is 38.7 Å². The Kier molecular flexibility index (Phi) is 16.9. The summed E-state index contributed by atoms with van der Waals surface area (Å²) >= 11 is 0. The van der Waals surface area contributed by atoms with Crippen molar-refractivity contribution in [1.82, 2.24) is 29.9 Å². The molecule has 2 aliphatic carbocycles. The van der Waals surface area contributed by atoms with Gasteiger partial charge in [-0.3, -0.25) is 0 Å². The maximum atomic E-state index is 6.87. The highest BCUT2D eigenvalue weighted by Crippen LogP contribution is 2.59. The number of furan rings is 2. The third kappa shape index (κ3) is 11.7. The van der Waals surface area contributed by atoms with Crippen LogP contribution in [0.25, 0.3) is 189 Å². The average Bonchev–Trinajstić information content (AvgIpc) is 1.54. The van der Waals surface area contributed by atoms with Gasteiger partial charge in [0.25, 0.3) is 0 Å². The number of benzene rings is 19. The molecule has 0 amide bonds. The first-order chi connectivity index (χ1) is 61.4. The van der Waals surface area contributed by atoms with Crippen molar-refractivity contribution < 1.29 is 8.83 Å². The van der Waals surface area contributed by atoms with Gasteiger partial charge < -0.3 is 8.83 Å².